The van der Waals surface area contributed by atoms with Crippen molar-refractivity contribution in [3.8, 4) is 0 Å². The van der Waals surface area contributed by atoms with E-state index in [1.165, 1.54) is 0 Å². The summed E-state index contributed by atoms with van der Waals surface area (Å²) in [6.45, 7) is 6.02. The van der Waals surface area contributed by atoms with Gasteiger partial charge < -0.3 is 19.9 Å². The number of rotatable bonds is 5. The standard InChI is InChI=1S/C14H21N3O4/c1-9-7-11(17-21-9)16-13(19)14(2,3)12(18)15-8-10-5-4-6-20-10/h7,10H,4-6,8H2,1-3H3,(H,15,18)(H,16,17,19). The Morgan fingerprint density at radius 2 is 2.19 bits per heavy atom. The fourth-order valence-electron chi connectivity index (χ4n) is 2.03. The van der Waals surface area contributed by atoms with Gasteiger partial charge in [0.05, 0.1) is 6.10 Å². The molecule has 1 fully saturated rings. The lowest BCUT2D eigenvalue weighted by Crippen LogP contribution is -2.47. The molecule has 0 saturated carbocycles. The number of nitrogens with one attached hydrogen (secondary N) is 2. The van der Waals surface area contributed by atoms with Crippen LogP contribution in [0.1, 0.15) is 32.4 Å². The molecule has 1 aromatic rings. The first kappa shape index (κ1) is 15.5. The summed E-state index contributed by atoms with van der Waals surface area (Å²) in [7, 11) is 0. The van der Waals surface area contributed by atoms with Gasteiger partial charge in [0, 0.05) is 19.2 Å². The van der Waals surface area contributed by atoms with Gasteiger partial charge in [-0.1, -0.05) is 5.16 Å². The van der Waals surface area contributed by atoms with E-state index in [0.717, 1.165) is 19.4 Å². The summed E-state index contributed by atoms with van der Waals surface area (Å²) in [4.78, 5) is 24.4. The largest absolute Gasteiger partial charge is 0.376 e. The Morgan fingerprint density at radius 3 is 2.76 bits per heavy atom. The van der Waals surface area contributed by atoms with Crippen LogP contribution in [0.4, 0.5) is 5.82 Å². The van der Waals surface area contributed by atoms with Crippen LogP contribution in [0, 0.1) is 12.3 Å². The molecule has 21 heavy (non-hydrogen) atoms. The van der Waals surface area contributed by atoms with Gasteiger partial charge in [-0.3, -0.25) is 9.59 Å². The van der Waals surface area contributed by atoms with E-state index in [9.17, 15) is 9.59 Å². The van der Waals surface area contributed by atoms with Crippen LogP contribution in [0.25, 0.3) is 0 Å². The number of anilines is 1. The van der Waals surface area contributed by atoms with E-state index in [2.05, 4.69) is 15.8 Å². The van der Waals surface area contributed by atoms with Crippen LogP contribution in [0.5, 0.6) is 0 Å². The zero-order valence-corrected chi connectivity index (χ0v) is 12.6. The third kappa shape index (κ3) is 3.81. The van der Waals surface area contributed by atoms with Crippen molar-refractivity contribution >= 4 is 17.6 Å². The van der Waals surface area contributed by atoms with Gasteiger partial charge in [-0.2, -0.15) is 0 Å². The van der Waals surface area contributed by atoms with Crippen LogP contribution in [-0.4, -0.2) is 36.2 Å². The Morgan fingerprint density at radius 1 is 1.43 bits per heavy atom. The summed E-state index contributed by atoms with van der Waals surface area (Å²) >= 11 is 0. The van der Waals surface area contributed by atoms with Crippen LogP contribution in [-0.2, 0) is 14.3 Å². The number of ether oxygens (including phenoxy) is 1. The predicted molar refractivity (Wildman–Crippen MR) is 75.6 cm³/mol. The van der Waals surface area contributed by atoms with E-state index in [-0.39, 0.29) is 12.0 Å². The summed E-state index contributed by atoms with van der Waals surface area (Å²) in [6.07, 6.45) is 1.99. The smallest absolute Gasteiger partial charge is 0.240 e. The van der Waals surface area contributed by atoms with E-state index < -0.39 is 11.3 Å². The molecule has 1 aromatic heterocycles. The van der Waals surface area contributed by atoms with Crippen LogP contribution < -0.4 is 10.6 Å². The fraction of sp³-hybridized carbons (Fsp3) is 0.643. The predicted octanol–water partition coefficient (Wildman–Crippen LogP) is 1.24. The molecule has 1 saturated heterocycles. The summed E-state index contributed by atoms with van der Waals surface area (Å²) in [5.74, 6) is 0.125. The number of carbonyl (C=O) groups is 2. The molecular weight excluding hydrogens is 274 g/mol. The molecule has 2 amide bonds. The van der Waals surface area contributed by atoms with Crippen LogP contribution >= 0.6 is 0 Å². The molecule has 0 bridgehead atoms. The second-order valence-corrected chi connectivity index (χ2v) is 5.75. The molecule has 7 heteroatoms. The van der Waals surface area contributed by atoms with Crippen molar-refractivity contribution in [1.29, 1.82) is 0 Å². The van der Waals surface area contributed by atoms with Crippen LogP contribution in [0.3, 0.4) is 0 Å². The molecule has 1 atom stereocenters. The number of hydrogen-bond donors (Lipinski definition) is 2. The van der Waals surface area contributed by atoms with Crippen LogP contribution in [0.2, 0.25) is 0 Å². The van der Waals surface area contributed by atoms with Crippen molar-refractivity contribution in [2.75, 3.05) is 18.5 Å². The molecule has 1 aliphatic heterocycles. The van der Waals surface area contributed by atoms with E-state index in [1.54, 1.807) is 26.8 Å². The average Bonchev–Trinajstić information content (AvgIpc) is 3.07. The lowest BCUT2D eigenvalue weighted by atomic mass is 9.91. The maximum atomic E-state index is 12.2. The van der Waals surface area contributed by atoms with E-state index >= 15 is 0 Å². The highest BCUT2D eigenvalue weighted by Gasteiger charge is 2.36. The molecule has 2 heterocycles. The molecule has 0 radical (unpaired) electrons. The van der Waals surface area contributed by atoms with Crippen molar-refractivity contribution in [2.24, 2.45) is 5.41 Å². The molecule has 116 valence electrons. The van der Waals surface area contributed by atoms with Crippen molar-refractivity contribution in [2.45, 2.75) is 39.7 Å². The quantitative estimate of drug-likeness (QED) is 0.797. The minimum atomic E-state index is -1.20. The van der Waals surface area contributed by atoms with Gasteiger partial charge in [-0.25, -0.2) is 0 Å². The summed E-state index contributed by atoms with van der Waals surface area (Å²) < 4.78 is 10.3. The van der Waals surface area contributed by atoms with Crippen LogP contribution in [0.15, 0.2) is 10.6 Å². The van der Waals surface area contributed by atoms with E-state index in [1.807, 2.05) is 0 Å². The highest BCUT2D eigenvalue weighted by molar-refractivity contribution is 6.09. The Bertz CT molecular complexity index is 518. The fourth-order valence-corrected chi connectivity index (χ4v) is 2.03. The lowest BCUT2D eigenvalue weighted by Gasteiger charge is -2.23. The third-order valence-electron chi connectivity index (χ3n) is 3.52. The molecule has 0 spiro atoms. The molecule has 1 aliphatic rings. The Balaban J connectivity index is 1.88. The topological polar surface area (TPSA) is 93.5 Å². The summed E-state index contributed by atoms with van der Waals surface area (Å²) in [5.41, 5.74) is -1.20. The van der Waals surface area contributed by atoms with Gasteiger partial charge in [-0.15, -0.1) is 0 Å². The van der Waals surface area contributed by atoms with Crippen molar-refractivity contribution in [1.82, 2.24) is 10.5 Å². The Labute approximate surface area is 123 Å². The average molecular weight is 295 g/mol. The van der Waals surface area contributed by atoms with Gasteiger partial charge in [-0.05, 0) is 33.6 Å². The number of nitrogens with zero attached hydrogens (tertiary/aromatic N) is 1. The zero-order chi connectivity index (χ0) is 15.5. The monoisotopic (exact) mass is 295 g/mol. The highest BCUT2D eigenvalue weighted by Crippen LogP contribution is 2.19. The zero-order valence-electron chi connectivity index (χ0n) is 12.6. The SMILES string of the molecule is Cc1cc(NC(=O)C(C)(C)C(=O)NCC2CCCO2)no1. The molecular formula is C14H21N3O4. The molecule has 0 aromatic carbocycles. The van der Waals surface area contributed by atoms with E-state index in [4.69, 9.17) is 9.26 Å². The van der Waals surface area contributed by atoms with Crippen molar-refractivity contribution in [3.63, 3.8) is 0 Å². The van der Waals surface area contributed by atoms with Gasteiger partial charge in [0.25, 0.3) is 0 Å². The minimum absolute atomic E-state index is 0.0472. The second kappa shape index (κ2) is 6.26. The minimum Gasteiger partial charge on any atom is -0.376 e. The first-order valence-corrected chi connectivity index (χ1v) is 7.04. The highest BCUT2D eigenvalue weighted by atomic mass is 16.5. The number of amides is 2. The molecule has 2 N–H and O–H groups in total. The maximum Gasteiger partial charge on any atom is 0.240 e. The second-order valence-electron chi connectivity index (χ2n) is 5.75. The summed E-state index contributed by atoms with van der Waals surface area (Å²) in [5, 5.41) is 9.02. The normalized spacial score (nSPS) is 18.5. The first-order chi connectivity index (χ1) is 9.89. The molecule has 7 nitrogen and oxygen atoms in total. The maximum absolute atomic E-state index is 12.2. The molecule has 1 unspecified atom stereocenters. The third-order valence-corrected chi connectivity index (χ3v) is 3.52. The number of carbonyl (C=O) groups excluding carboxylic acids is 2. The molecule has 2 rings (SSSR count). The number of aromatic nitrogens is 1. The van der Waals surface area contributed by atoms with Gasteiger partial charge in [0.1, 0.15) is 11.2 Å². The Hall–Kier alpha value is -1.89. The van der Waals surface area contributed by atoms with Gasteiger partial charge in [0.15, 0.2) is 5.82 Å². The van der Waals surface area contributed by atoms with Gasteiger partial charge in [0.2, 0.25) is 11.8 Å². The summed E-state index contributed by atoms with van der Waals surface area (Å²) in [6, 6.07) is 1.60. The number of aryl methyl sites for hydroxylation is 1. The first-order valence-electron chi connectivity index (χ1n) is 7.04. The van der Waals surface area contributed by atoms with E-state index in [0.29, 0.717) is 18.1 Å². The van der Waals surface area contributed by atoms with Crippen molar-refractivity contribution in [3.05, 3.63) is 11.8 Å². The Kier molecular flexibility index (Phi) is 4.62. The molecule has 0 aliphatic carbocycles. The van der Waals surface area contributed by atoms with Gasteiger partial charge >= 0.3 is 0 Å². The lowest BCUT2D eigenvalue weighted by molar-refractivity contribution is -0.138. The van der Waals surface area contributed by atoms with Crippen molar-refractivity contribution < 1.29 is 18.8 Å². The number of hydrogen-bond acceptors (Lipinski definition) is 5.